The number of hydrogen-bond donors (Lipinski definition) is 2. The van der Waals surface area contributed by atoms with Crippen LogP contribution >= 0.6 is 11.3 Å². The summed E-state index contributed by atoms with van der Waals surface area (Å²) in [4.78, 5) is 2.59. The lowest BCUT2D eigenvalue weighted by atomic mass is 10.2. The van der Waals surface area contributed by atoms with Gasteiger partial charge in [0.25, 0.3) is 0 Å². The first kappa shape index (κ1) is 12.6. The minimum atomic E-state index is 0.320. The van der Waals surface area contributed by atoms with Gasteiger partial charge in [-0.2, -0.15) is 11.3 Å². The summed E-state index contributed by atoms with van der Waals surface area (Å²) in [5.41, 5.74) is 6.80. The van der Waals surface area contributed by atoms with Crippen LogP contribution in [0.5, 0.6) is 0 Å². The number of rotatable bonds is 8. The Bertz CT molecular complexity index is 344. The Balaban J connectivity index is 1.72. The Kier molecular flexibility index (Phi) is 4.57. The monoisotopic (exact) mass is 251 g/mol. The molecule has 1 aliphatic rings. The SMILES string of the molecule is N=C(N)CCCCN(Cc1ccsc1)C1CC1. The molecule has 0 bridgehead atoms. The van der Waals surface area contributed by atoms with E-state index in [1.165, 1.54) is 18.4 Å². The molecule has 1 aromatic heterocycles. The molecule has 0 amide bonds. The molecule has 0 spiro atoms. The predicted molar refractivity (Wildman–Crippen MR) is 73.5 cm³/mol. The lowest BCUT2D eigenvalue weighted by Gasteiger charge is -2.21. The molecular weight excluding hydrogens is 230 g/mol. The Labute approximate surface area is 107 Å². The topological polar surface area (TPSA) is 53.1 Å². The van der Waals surface area contributed by atoms with Gasteiger partial charge in [0.15, 0.2) is 0 Å². The van der Waals surface area contributed by atoms with E-state index < -0.39 is 0 Å². The average Bonchev–Trinajstić information content (AvgIpc) is 3.01. The summed E-state index contributed by atoms with van der Waals surface area (Å²) in [6, 6.07) is 3.03. The lowest BCUT2D eigenvalue weighted by molar-refractivity contribution is 0.250. The molecule has 17 heavy (non-hydrogen) atoms. The van der Waals surface area contributed by atoms with Crippen LogP contribution in [-0.4, -0.2) is 23.3 Å². The Hall–Kier alpha value is -0.870. The van der Waals surface area contributed by atoms with E-state index in [0.29, 0.717) is 5.84 Å². The second kappa shape index (κ2) is 6.17. The predicted octanol–water partition coefficient (Wildman–Crippen LogP) is 2.82. The van der Waals surface area contributed by atoms with E-state index in [4.69, 9.17) is 11.1 Å². The quantitative estimate of drug-likeness (QED) is 0.424. The van der Waals surface area contributed by atoms with E-state index in [1.807, 2.05) is 0 Å². The van der Waals surface area contributed by atoms with Gasteiger partial charge in [-0.05, 0) is 54.6 Å². The maximum atomic E-state index is 7.20. The number of unbranched alkanes of at least 4 members (excludes halogenated alkanes) is 1. The fraction of sp³-hybridized carbons (Fsp3) is 0.615. The summed E-state index contributed by atoms with van der Waals surface area (Å²) in [6.07, 6.45) is 5.66. The van der Waals surface area contributed by atoms with Gasteiger partial charge in [-0.3, -0.25) is 10.3 Å². The Morgan fingerprint density at radius 1 is 1.47 bits per heavy atom. The lowest BCUT2D eigenvalue weighted by Crippen LogP contribution is -2.26. The van der Waals surface area contributed by atoms with Crippen molar-refractivity contribution < 1.29 is 0 Å². The molecule has 4 heteroatoms. The Morgan fingerprint density at radius 2 is 2.29 bits per heavy atom. The van der Waals surface area contributed by atoms with E-state index in [0.717, 1.165) is 38.4 Å². The van der Waals surface area contributed by atoms with Crippen LogP contribution in [0.25, 0.3) is 0 Å². The molecule has 94 valence electrons. The fourth-order valence-electron chi connectivity index (χ4n) is 2.08. The van der Waals surface area contributed by atoms with E-state index in [2.05, 4.69) is 21.7 Å². The molecule has 0 aliphatic heterocycles. The molecule has 1 fully saturated rings. The van der Waals surface area contributed by atoms with Gasteiger partial charge in [-0.15, -0.1) is 0 Å². The van der Waals surface area contributed by atoms with Gasteiger partial charge in [0, 0.05) is 19.0 Å². The summed E-state index contributed by atoms with van der Waals surface area (Å²) >= 11 is 1.77. The second-order valence-corrected chi connectivity index (χ2v) is 5.60. The standard InChI is InChI=1S/C13H21N3S/c14-13(15)3-1-2-7-16(12-4-5-12)9-11-6-8-17-10-11/h6,8,10,12H,1-5,7,9H2,(H3,14,15). The first-order valence-corrected chi connectivity index (χ1v) is 7.28. The van der Waals surface area contributed by atoms with Crippen molar-refractivity contribution in [2.75, 3.05) is 6.54 Å². The molecule has 1 heterocycles. The molecule has 2 rings (SSSR count). The highest BCUT2D eigenvalue weighted by Gasteiger charge is 2.28. The molecule has 1 saturated carbocycles. The molecule has 0 unspecified atom stereocenters. The number of nitrogens with zero attached hydrogens (tertiary/aromatic N) is 1. The maximum Gasteiger partial charge on any atom is 0.0905 e. The third kappa shape index (κ3) is 4.48. The van der Waals surface area contributed by atoms with Crippen LogP contribution in [0, 0.1) is 5.41 Å². The van der Waals surface area contributed by atoms with E-state index in [-0.39, 0.29) is 0 Å². The summed E-state index contributed by atoms with van der Waals surface area (Å²) in [7, 11) is 0. The summed E-state index contributed by atoms with van der Waals surface area (Å²) in [5.74, 6) is 0.320. The van der Waals surface area contributed by atoms with Crippen LogP contribution in [0.4, 0.5) is 0 Å². The maximum absolute atomic E-state index is 7.20. The third-order valence-electron chi connectivity index (χ3n) is 3.17. The van der Waals surface area contributed by atoms with Gasteiger partial charge in [-0.1, -0.05) is 0 Å². The Morgan fingerprint density at radius 3 is 2.88 bits per heavy atom. The smallest absolute Gasteiger partial charge is 0.0905 e. The minimum absolute atomic E-state index is 0.320. The molecule has 0 saturated heterocycles. The van der Waals surface area contributed by atoms with Gasteiger partial charge >= 0.3 is 0 Å². The van der Waals surface area contributed by atoms with Crippen molar-refractivity contribution in [1.29, 1.82) is 5.41 Å². The van der Waals surface area contributed by atoms with E-state index >= 15 is 0 Å². The molecule has 0 atom stereocenters. The molecule has 1 aromatic rings. The van der Waals surface area contributed by atoms with Crippen LogP contribution in [0.15, 0.2) is 16.8 Å². The molecule has 0 aromatic carbocycles. The van der Waals surface area contributed by atoms with Gasteiger partial charge in [0.05, 0.1) is 5.84 Å². The first-order valence-electron chi connectivity index (χ1n) is 6.34. The fourth-order valence-corrected chi connectivity index (χ4v) is 2.74. The molecule has 3 N–H and O–H groups in total. The van der Waals surface area contributed by atoms with Crippen molar-refractivity contribution in [2.45, 2.75) is 44.7 Å². The van der Waals surface area contributed by atoms with Crippen molar-refractivity contribution in [3.63, 3.8) is 0 Å². The van der Waals surface area contributed by atoms with Crippen LogP contribution in [0.3, 0.4) is 0 Å². The first-order chi connectivity index (χ1) is 8.25. The third-order valence-corrected chi connectivity index (χ3v) is 3.90. The summed E-state index contributed by atoms with van der Waals surface area (Å²) < 4.78 is 0. The highest BCUT2D eigenvalue weighted by Crippen LogP contribution is 2.28. The van der Waals surface area contributed by atoms with Crippen molar-refractivity contribution in [3.05, 3.63) is 22.4 Å². The van der Waals surface area contributed by atoms with Crippen molar-refractivity contribution in [2.24, 2.45) is 5.73 Å². The van der Waals surface area contributed by atoms with E-state index in [9.17, 15) is 0 Å². The zero-order valence-electron chi connectivity index (χ0n) is 10.2. The van der Waals surface area contributed by atoms with Crippen LogP contribution in [-0.2, 0) is 6.54 Å². The zero-order valence-corrected chi connectivity index (χ0v) is 11.0. The van der Waals surface area contributed by atoms with Gasteiger partial charge in [0.1, 0.15) is 0 Å². The normalized spacial score (nSPS) is 15.4. The van der Waals surface area contributed by atoms with Crippen LogP contribution < -0.4 is 5.73 Å². The second-order valence-electron chi connectivity index (χ2n) is 4.82. The largest absolute Gasteiger partial charge is 0.388 e. The molecule has 3 nitrogen and oxygen atoms in total. The number of hydrogen-bond acceptors (Lipinski definition) is 3. The minimum Gasteiger partial charge on any atom is -0.388 e. The highest BCUT2D eigenvalue weighted by atomic mass is 32.1. The van der Waals surface area contributed by atoms with E-state index in [1.54, 1.807) is 11.3 Å². The molecule has 0 radical (unpaired) electrons. The van der Waals surface area contributed by atoms with Crippen LogP contribution in [0.1, 0.15) is 37.7 Å². The van der Waals surface area contributed by atoms with Gasteiger partial charge < -0.3 is 5.73 Å². The van der Waals surface area contributed by atoms with Crippen molar-refractivity contribution >= 4 is 17.2 Å². The number of nitrogens with two attached hydrogens (primary N) is 1. The van der Waals surface area contributed by atoms with Crippen molar-refractivity contribution in [3.8, 4) is 0 Å². The number of nitrogens with one attached hydrogen (secondary N) is 1. The summed E-state index contributed by atoms with van der Waals surface area (Å²) in [6.45, 7) is 2.24. The molecule has 1 aliphatic carbocycles. The number of thiophene rings is 1. The van der Waals surface area contributed by atoms with Gasteiger partial charge in [0.2, 0.25) is 0 Å². The van der Waals surface area contributed by atoms with Crippen LogP contribution in [0.2, 0.25) is 0 Å². The van der Waals surface area contributed by atoms with Crippen molar-refractivity contribution in [1.82, 2.24) is 4.90 Å². The summed E-state index contributed by atoms with van der Waals surface area (Å²) in [5, 5.41) is 11.6. The highest BCUT2D eigenvalue weighted by molar-refractivity contribution is 7.07. The zero-order chi connectivity index (χ0) is 12.1. The number of amidine groups is 1. The molecular formula is C13H21N3S. The average molecular weight is 251 g/mol. The van der Waals surface area contributed by atoms with Gasteiger partial charge in [-0.25, -0.2) is 0 Å².